The molecule has 1 nitrogen and oxygen atoms in total. The standard InChI is InChI=1S/C10H19NS/c1-2-9-10(8-4-3-5-8)11-6-7-12-9/h8-11H,2-7H2,1H3. The molecule has 1 aliphatic heterocycles. The van der Waals surface area contributed by atoms with E-state index in [-0.39, 0.29) is 0 Å². The van der Waals surface area contributed by atoms with Crippen molar-refractivity contribution < 1.29 is 0 Å². The van der Waals surface area contributed by atoms with Crippen molar-refractivity contribution in [3.05, 3.63) is 0 Å². The number of thioether (sulfide) groups is 1. The molecule has 2 atom stereocenters. The Kier molecular flexibility index (Phi) is 2.97. The monoisotopic (exact) mass is 185 g/mol. The van der Waals surface area contributed by atoms with Crippen molar-refractivity contribution in [1.29, 1.82) is 0 Å². The highest BCUT2D eigenvalue weighted by Gasteiger charge is 2.33. The molecule has 1 N–H and O–H groups in total. The summed E-state index contributed by atoms with van der Waals surface area (Å²) < 4.78 is 0. The third-order valence-corrected chi connectivity index (χ3v) is 4.77. The van der Waals surface area contributed by atoms with Gasteiger partial charge in [-0.25, -0.2) is 0 Å². The van der Waals surface area contributed by atoms with Gasteiger partial charge in [-0.05, 0) is 25.2 Å². The van der Waals surface area contributed by atoms with Gasteiger partial charge in [0.05, 0.1) is 0 Å². The summed E-state index contributed by atoms with van der Waals surface area (Å²) in [5, 5.41) is 4.61. The lowest BCUT2D eigenvalue weighted by Gasteiger charge is -2.41. The van der Waals surface area contributed by atoms with Crippen molar-refractivity contribution in [2.24, 2.45) is 5.92 Å². The van der Waals surface area contributed by atoms with Crippen LogP contribution >= 0.6 is 11.8 Å². The molecule has 0 bridgehead atoms. The predicted molar refractivity (Wildman–Crippen MR) is 55.7 cm³/mol. The third kappa shape index (κ3) is 1.64. The molecule has 0 aromatic heterocycles. The molecule has 12 heavy (non-hydrogen) atoms. The Balaban J connectivity index is 1.90. The average Bonchev–Trinajstić information content (AvgIpc) is 2.02. The average molecular weight is 185 g/mol. The topological polar surface area (TPSA) is 12.0 Å². The second-order valence-corrected chi connectivity index (χ2v) is 5.34. The summed E-state index contributed by atoms with van der Waals surface area (Å²) in [5.74, 6) is 2.34. The van der Waals surface area contributed by atoms with Gasteiger partial charge in [-0.15, -0.1) is 0 Å². The summed E-state index contributed by atoms with van der Waals surface area (Å²) in [4.78, 5) is 0. The molecule has 1 saturated heterocycles. The Morgan fingerprint density at radius 1 is 1.42 bits per heavy atom. The third-order valence-electron chi connectivity index (χ3n) is 3.27. The lowest BCUT2D eigenvalue weighted by Crippen LogP contribution is -2.50. The van der Waals surface area contributed by atoms with E-state index in [2.05, 4.69) is 24.0 Å². The zero-order valence-corrected chi connectivity index (χ0v) is 8.70. The molecule has 2 heteroatoms. The van der Waals surface area contributed by atoms with Gasteiger partial charge in [0.2, 0.25) is 0 Å². The smallest absolute Gasteiger partial charge is 0.0214 e. The summed E-state index contributed by atoms with van der Waals surface area (Å²) in [6, 6.07) is 0.850. The zero-order valence-electron chi connectivity index (χ0n) is 7.88. The molecular formula is C10H19NS. The Labute approximate surface area is 79.7 Å². The molecule has 1 saturated carbocycles. The van der Waals surface area contributed by atoms with E-state index in [0.29, 0.717) is 0 Å². The molecule has 1 heterocycles. The minimum atomic E-state index is 0.850. The van der Waals surface area contributed by atoms with Crippen LogP contribution in [0.25, 0.3) is 0 Å². The fourth-order valence-corrected chi connectivity index (χ4v) is 3.61. The van der Waals surface area contributed by atoms with E-state index in [0.717, 1.165) is 17.2 Å². The van der Waals surface area contributed by atoms with Crippen LogP contribution in [0.2, 0.25) is 0 Å². The van der Waals surface area contributed by atoms with Gasteiger partial charge in [-0.3, -0.25) is 0 Å². The first kappa shape index (κ1) is 8.89. The lowest BCUT2D eigenvalue weighted by molar-refractivity contribution is 0.222. The van der Waals surface area contributed by atoms with Crippen molar-refractivity contribution in [1.82, 2.24) is 5.32 Å². The Morgan fingerprint density at radius 2 is 2.25 bits per heavy atom. The van der Waals surface area contributed by atoms with Crippen LogP contribution in [0.15, 0.2) is 0 Å². The van der Waals surface area contributed by atoms with Crippen LogP contribution in [0, 0.1) is 5.92 Å². The Bertz CT molecular complexity index is 145. The van der Waals surface area contributed by atoms with Gasteiger partial charge in [-0.2, -0.15) is 11.8 Å². The van der Waals surface area contributed by atoms with Crippen LogP contribution in [0.3, 0.4) is 0 Å². The van der Waals surface area contributed by atoms with Crippen LogP contribution in [0.4, 0.5) is 0 Å². The minimum Gasteiger partial charge on any atom is -0.312 e. The number of hydrogen-bond donors (Lipinski definition) is 1. The van der Waals surface area contributed by atoms with Crippen LogP contribution in [-0.4, -0.2) is 23.6 Å². The first-order valence-corrected chi connectivity index (χ1v) is 6.31. The van der Waals surface area contributed by atoms with E-state index >= 15 is 0 Å². The quantitative estimate of drug-likeness (QED) is 0.708. The Hall–Kier alpha value is 0.310. The second-order valence-electron chi connectivity index (χ2n) is 3.99. The molecule has 0 radical (unpaired) electrons. The molecule has 0 spiro atoms. The first-order chi connectivity index (χ1) is 5.92. The highest BCUT2D eigenvalue weighted by Crippen LogP contribution is 2.36. The predicted octanol–water partition coefficient (Wildman–Crippen LogP) is 2.27. The van der Waals surface area contributed by atoms with E-state index in [4.69, 9.17) is 0 Å². The van der Waals surface area contributed by atoms with Crippen LogP contribution in [-0.2, 0) is 0 Å². The maximum Gasteiger partial charge on any atom is 0.0214 e. The molecule has 2 rings (SSSR count). The number of rotatable bonds is 2. The summed E-state index contributed by atoms with van der Waals surface area (Å²) >= 11 is 2.19. The molecule has 2 fully saturated rings. The normalized spacial score (nSPS) is 37.8. The molecule has 70 valence electrons. The summed E-state index contributed by atoms with van der Waals surface area (Å²) in [5.41, 5.74) is 0. The molecule has 2 aliphatic rings. The van der Waals surface area contributed by atoms with Crippen molar-refractivity contribution in [3.8, 4) is 0 Å². The summed E-state index contributed by atoms with van der Waals surface area (Å²) in [6.07, 6.45) is 5.78. The van der Waals surface area contributed by atoms with Gasteiger partial charge >= 0.3 is 0 Å². The van der Waals surface area contributed by atoms with Gasteiger partial charge in [0.25, 0.3) is 0 Å². The highest BCUT2D eigenvalue weighted by molar-refractivity contribution is 8.00. The van der Waals surface area contributed by atoms with Gasteiger partial charge in [0.15, 0.2) is 0 Å². The van der Waals surface area contributed by atoms with E-state index < -0.39 is 0 Å². The van der Waals surface area contributed by atoms with E-state index in [9.17, 15) is 0 Å². The van der Waals surface area contributed by atoms with Crippen LogP contribution in [0.1, 0.15) is 32.6 Å². The van der Waals surface area contributed by atoms with Crippen molar-refractivity contribution in [3.63, 3.8) is 0 Å². The highest BCUT2D eigenvalue weighted by atomic mass is 32.2. The van der Waals surface area contributed by atoms with Crippen LogP contribution < -0.4 is 5.32 Å². The maximum atomic E-state index is 3.70. The molecular weight excluding hydrogens is 166 g/mol. The van der Waals surface area contributed by atoms with E-state index in [1.54, 1.807) is 0 Å². The fraction of sp³-hybridized carbons (Fsp3) is 1.00. The molecule has 1 aliphatic carbocycles. The molecule has 0 amide bonds. The zero-order chi connectivity index (χ0) is 8.39. The second kappa shape index (κ2) is 4.01. The van der Waals surface area contributed by atoms with Crippen molar-refractivity contribution in [2.75, 3.05) is 12.3 Å². The molecule has 2 unspecified atom stereocenters. The number of hydrogen-bond acceptors (Lipinski definition) is 2. The van der Waals surface area contributed by atoms with Gasteiger partial charge in [-0.1, -0.05) is 13.3 Å². The first-order valence-electron chi connectivity index (χ1n) is 5.27. The fourth-order valence-electron chi connectivity index (χ4n) is 2.31. The largest absolute Gasteiger partial charge is 0.312 e. The molecule has 0 aromatic rings. The van der Waals surface area contributed by atoms with Gasteiger partial charge < -0.3 is 5.32 Å². The van der Waals surface area contributed by atoms with Crippen LogP contribution in [0.5, 0.6) is 0 Å². The van der Waals surface area contributed by atoms with E-state index in [1.807, 2.05) is 0 Å². The maximum absolute atomic E-state index is 3.70. The lowest BCUT2D eigenvalue weighted by atomic mass is 9.78. The number of nitrogens with one attached hydrogen (secondary N) is 1. The molecule has 0 aromatic carbocycles. The minimum absolute atomic E-state index is 0.850. The van der Waals surface area contributed by atoms with Crippen molar-refractivity contribution >= 4 is 11.8 Å². The van der Waals surface area contributed by atoms with Gasteiger partial charge in [0, 0.05) is 23.6 Å². The van der Waals surface area contributed by atoms with E-state index in [1.165, 1.54) is 38.0 Å². The van der Waals surface area contributed by atoms with Crippen molar-refractivity contribution in [2.45, 2.75) is 43.9 Å². The summed E-state index contributed by atoms with van der Waals surface area (Å²) in [7, 11) is 0. The summed E-state index contributed by atoms with van der Waals surface area (Å²) in [6.45, 7) is 3.57. The Morgan fingerprint density at radius 3 is 2.83 bits per heavy atom. The van der Waals surface area contributed by atoms with Gasteiger partial charge in [0.1, 0.15) is 0 Å². The SMILES string of the molecule is CCC1SCCNC1C1CCC1.